The lowest BCUT2D eigenvalue weighted by molar-refractivity contribution is 0.352. The number of aromatic nitrogens is 1. The number of nitrogens with zero attached hydrogens (tertiary/aromatic N) is 1. The summed E-state index contributed by atoms with van der Waals surface area (Å²) in [5.74, 6) is 0.978. The second-order valence-electron chi connectivity index (χ2n) is 4.19. The van der Waals surface area contributed by atoms with Gasteiger partial charge in [-0.25, -0.2) is 4.98 Å². The number of para-hydroxylation sites is 1. The highest BCUT2D eigenvalue weighted by Crippen LogP contribution is 2.36. The number of fused-ring (bicyclic) bond motifs is 1. The topological polar surface area (TPSA) is 48.1 Å². The van der Waals surface area contributed by atoms with Gasteiger partial charge in [-0.3, -0.25) is 0 Å². The van der Waals surface area contributed by atoms with E-state index >= 15 is 0 Å². The van der Waals surface area contributed by atoms with E-state index in [2.05, 4.69) is 17.1 Å². The predicted octanol–water partition coefficient (Wildman–Crippen LogP) is 2.43. The minimum atomic E-state index is -0.130. The Bertz CT molecular complexity index is 550. The standard InChI is InChI=1S/C13H14N2OS/c1-8-15-7-11(17-8)12(14)10-4-2-3-9-5-6-16-13(9)10/h2-4,7,12H,5-6,14H2,1H3. The van der Waals surface area contributed by atoms with Crippen molar-refractivity contribution in [1.82, 2.24) is 4.98 Å². The number of hydrogen-bond donors (Lipinski definition) is 1. The van der Waals surface area contributed by atoms with E-state index in [1.807, 2.05) is 19.2 Å². The largest absolute Gasteiger partial charge is 0.493 e. The zero-order chi connectivity index (χ0) is 11.8. The van der Waals surface area contributed by atoms with Crippen molar-refractivity contribution in [1.29, 1.82) is 0 Å². The molecule has 88 valence electrons. The molecular weight excluding hydrogens is 232 g/mol. The van der Waals surface area contributed by atoms with Crippen LogP contribution < -0.4 is 10.5 Å². The third kappa shape index (κ3) is 1.83. The Morgan fingerprint density at radius 2 is 2.35 bits per heavy atom. The summed E-state index contributed by atoms with van der Waals surface area (Å²) in [5, 5.41) is 1.05. The maximum absolute atomic E-state index is 6.29. The number of rotatable bonds is 2. The van der Waals surface area contributed by atoms with Gasteiger partial charge in [-0.2, -0.15) is 0 Å². The van der Waals surface area contributed by atoms with Gasteiger partial charge in [0, 0.05) is 23.1 Å². The SMILES string of the molecule is Cc1ncc(C(N)c2cccc3c2OCC3)s1. The van der Waals surface area contributed by atoms with Crippen LogP contribution in [0.2, 0.25) is 0 Å². The second-order valence-corrected chi connectivity index (χ2v) is 5.46. The Hall–Kier alpha value is -1.39. The van der Waals surface area contributed by atoms with Crippen molar-refractivity contribution in [3.63, 3.8) is 0 Å². The second kappa shape index (κ2) is 4.13. The molecule has 0 bridgehead atoms. The summed E-state index contributed by atoms with van der Waals surface area (Å²) in [4.78, 5) is 5.34. The molecule has 0 saturated heterocycles. The molecule has 0 aliphatic carbocycles. The fraction of sp³-hybridized carbons (Fsp3) is 0.308. The maximum Gasteiger partial charge on any atom is 0.127 e. The first-order valence-electron chi connectivity index (χ1n) is 5.68. The summed E-state index contributed by atoms with van der Waals surface area (Å²) >= 11 is 1.64. The fourth-order valence-corrected chi connectivity index (χ4v) is 2.97. The first-order valence-corrected chi connectivity index (χ1v) is 6.50. The van der Waals surface area contributed by atoms with Crippen molar-refractivity contribution in [2.24, 2.45) is 5.73 Å². The van der Waals surface area contributed by atoms with E-state index in [0.717, 1.165) is 34.2 Å². The van der Waals surface area contributed by atoms with Crippen LogP contribution in [0.1, 0.15) is 27.1 Å². The van der Waals surface area contributed by atoms with Gasteiger partial charge in [-0.05, 0) is 12.5 Å². The van der Waals surface area contributed by atoms with Gasteiger partial charge < -0.3 is 10.5 Å². The van der Waals surface area contributed by atoms with E-state index in [9.17, 15) is 0 Å². The monoisotopic (exact) mass is 246 g/mol. The van der Waals surface area contributed by atoms with Crippen molar-refractivity contribution in [2.75, 3.05) is 6.61 Å². The summed E-state index contributed by atoms with van der Waals surface area (Å²) < 4.78 is 5.68. The average molecular weight is 246 g/mol. The first kappa shape index (κ1) is 10.7. The molecule has 0 fully saturated rings. The summed E-state index contributed by atoms with van der Waals surface area (Å²) in [7, 11) is 0. The normalized spacial score (nSPS) is 15.4. The zero-order valence-electron chi connectivity index (χ0n) is 9.64. The number of thiazole rings is 1. The fourth-order valence-electron chi connectivity index (χ4n) is 2.16. The van der Waals surface area contributed by atoms with Crippen molar-refractivity contribution >= 4 is 11.3 Å². The molecule has 1 unspecified atom stereocenters. The number of benzene rings is 1. The summed E-state index contributed by atoms with van der Waals surface area (Å²) in [6.45, 7) is 2.76. The maximum atomic E-state index is 6.29. The molecule has 1 atom stereocenters. The highest BCUT2D eigenvalue weighted by atomic mass is 32.1. The Labute approximate surface area is 104 Å². The van der Waals surface area contributed by atoms with Gasteiger partial charge in [0.05, 0.1) is 17.7 Å². The van der Waals surface area contributed by atoms with Crippen molar-refractivity contribution in [3.05, 3.63) is 45.4 Å². The minimum Gasteiger partial charge on any atom is -0.493 e. The molecule has 0 amide bonds. The van der Waals surface area contributed by atoms with Crippen LogP contribution in [0.3, 0.4) is 0 Å². The molecule has 3 nitrogen and oxygen atoms in total. The van der Waals surface area contributed by atoms with E-state index in [4.69, 9.17) is 10.5 Å². The van der Waals surface area contributed by atoms with Gasteiger partial charge in [0.2, 0.25) is 0 Å². The highest BCUT2D eigenvalue weighted by Gasteiger charge is 2.21. The molecule has 2 N–H and O–H groups in total. The van der Waals surface area contributed by atoms with Gasteiger partial charge in [0.1, 0.15) is 5.75 Å². The molecule has 17 heavy (non-hydrogen) atoms. The van der Waals surface area contributed by atoms with Crippen LogP contribution in [0.25, 0.3) is 0 Å². The third-order valence-electron chi connectivity index (χ3n) is 3.03. The summed E-state index contributed by atoms with van der Waals surface area (Å²) in [6.07, 6.45) is 2.84. The molecule has 1 aromatic carbocycles. The van der Waals surface area contributed by atoms with Crippen LogP contribution in [-0.4, -0.2) is 11.6 Å². The molecule has 2 heterocycles. The lowest BCUT2D eigenvalue weighted by atomic mass is 10.0. The van der Waals surface area contributed by atoms with Crippen LogP contribution in [0.15, 0.2) is 24.4 Å². The van der Waals surface area contributed by atoms with Crippen LogP contribution in [0.4, 0.5) is 0 Å². The molecule has 0 saturated carbocycles. The van der Waals surface area contributed by atoms with Crippen molar-refractivity contribution in [3.8, 4) is 5.75 Å². The van der Waals surface area contributed by atoms with Crippen LogP contribution in [0.5, 0.6) is 5.75 Å². The quantitative estimate of drug-likeness (QED) is 0.885. The van der Waals surface area contributed by atoms with Crippen LogP contribution in [-0.2, 0) is 6.42 Å². The molecule has 4 heteroatoms. The smallest absolute Gasteiger partial charge is 0.127 e. The van der Waals surface area contributed by atoms with Crippen LogP contribution in [0, 0.1) is 6.92 Å². The van der Waals surface area contributed by atoms with E-state index in [-0.39, 0.29) is 6.04 Å². The average Bonchev–Trinajstić information content (AvgIpc) is 2.95. The van der Waals surface area contributed by atoms with Crippen LogP contribution >= 0.6 is 11.3 Å². The summed E-state index contributed by atoms with van der Waals surface area (Å²) in [5.41, 5.74) is 8.63. The molecule has 1 aliphatic rings. The Kier molecular flexibility index (Phi) is 2.61. The van der Waals surface area contributed by atoms with Gasteiger partial charge in [-0.1, -0.05) is 18.2 Å². The Morgan fingerprint density at radius 1 is 1.47 bits per heavy atom. The Morgan fingerprint density at radius 3 is 3.12 bits per heavy atom. The number of hydrogen-bond acceptors (Lipinski definition) is 4. The van der Waals surface area contributed by atoms with Gasteiger partial charge in [0.25, 0.3) is 0 Å². The van der Waals surface area contributed by atoms with Gasteiger partial charge in [-0.15, -0.1) is 11.3 Å². The van der Waals surface area contributed by atoms with Gasteiger partial charge in [0.15, 0.2) is 0 Å². The molecule has 2 aromatic rings. The zero-order valence-corrected chi connectivity index (χ0v) is 10.5. The lowest BCUT2D eigenvalue weighted by Gasteiger charge is -2.13. The predicted molar refractivity (Wildman–Crippen MR) is 68.5 cm³/mol. The molecule has 0 spiro atoms. The molecule has 3 rings (SSSR count). The minimum absolute atomic E-state index is 0.130. The molecule has 0 radical (unpaired) electrons. The first-order chi connectivity index (χ1) is 8.25. The molecular formula is C13H14N2OS. The van der Waals surface area contributed by atoms with E-state index in [1.165, 1.54) is 5.56 Å². The Balaban J connectivity index is 2.02. The van der Waals surface area contributed by atoms with E-state index < -0.39 is 0 Å². The number of aryl methyl sites for hydroxylation is 1. The highest BCUT2D eigenvalue weighted by molar-refractivity contribution is 7.11. The number of nitrogens with two attached hydrogens (primary N) is 1. The van der Waals surface area contributed by atoms with Crippen molar-refractivity contribution < 1.29 is 4.74 Å². The van der Waals surface area contributed by atoms with E-state index in [0.29, 0.717) is 0 Å². The van der Waals surface area contributed by atoms with E-state index in [1.54, 1.807) is 11.3 Å². The summed E-state index contributed by atoms with van der Waals surface area (Å²) in [6, 6.07) is 6.07. The lowest BCUT2D eigenvalue weighted by Crippen LogP contribution is -2.11. The van der Waals surface area contributed by atoms with Crippen molar-refractivity contribution in [2.45, 2.75) is 19.4 Å². The van der Waals surface area contributed by atoms with Gasteiger partial charge >= 0.3 is 0 Å². The molecule has 1 aromatic heterocycles. The number of ether oxygens (including phenoxy) is 1. The third-order valence-corrected chi connectivity index (χ3v) is 4.02. The molecule has 1 aliphatic heterocycles.